The Bertz CT molecular complexity index is 970. The van der Waals surface area contributed by atoms with E-state index in [1.807, 2.05) is 60.7 Å². The number of halogens is 3. The monoisotopic (exact) mass is 444 g/mol. The first-order valence-corrected chi connectivity index (χ1v) is 9.80. The second kappa shape index (κ2) is 7.43. The van der Waals surface area contributed by atoms with Crippen LogP contribution in [0.15, 0.2) is 82.4 Å². The highest BCUT2D eigenvalue weighted by Crippen LogP contribution is 2.41. The lowest BCUT2D eigenvalue weighted by molar-refractivity contribution is 0.708. The Morgan fingerprint density at radius 1 is 0.885 bits per heavy atom. The van der Waals surface area contributed by atoms with Crippen molar-refractivity contribution in [2.75, 3.05) is 5.01 Å². The molecule has 0 aromatic heterocycles. The van der Waals surface area contributed by atoms with Gasteiger partial charge in [0.15, 0.2) is 0 Å². The van der Waals surface area contributed by atoms with Gasteiger partial charge in [0.1, 0.15) is 0 Å². The SMILES string of the molecule is Clc1ccc(C2=NN(c3ccccc3Br)C(c3ccccc3Cl)C2)cc1. The predicted molar refractivity (Wildman–Crippen MR) is 113 cm³/mol. The molecule has 0 saturated heterocycles. The van der Waals surface area contributed by atoms with E-state index in [0.29, 0.717) is 0 Å². The molecule has 0 spiro atoms. The average Bonchev–Trinajstić information content (AvgIpc) is 3.08. The minimum atomic E-state index is 0.0353. The zero-order valence-corrected chi connectivity index (χ0v) is 16.8. The number of nitrogens with zero attached hydrogens (tertiary/aromatic N) is 2. The standard InChI is InChI=1S/C21H15BrCl2N2/c22-17-6-2-4-8-20(17)26-21(16-5-1-3-7-18(16)24)13-19(25-26)14-9-11-15(23)12-10-14/h1-12,21H,13H2. The molecule has 0 radical (unpaired) electrons. The molecule has 4 rings (SSSR count). The molecule has 0 aliphatic carbocycles. The molecule has 2 nitrogen and oxygen atoms in total. The summed E-state index contributed by atoms with van der Waals surface area (Å²) in [7, 11) is 0. The van der Waals surface area contributed by atoms with Gasteiger partial charge in [0, 0.05) is 20.9 Å². The molecule has 0 amide bonds. The lowest BCUT2D eigenvalue weighted by Gasteiger charge is -2.25. The normalized spacial score (nSPS) is 16.7. The van der Waals surface area contributed by atoms with Crippen molar-refractivity contribution in [1.82, 2.24) is 0 Å². The second-order valence-electron chi connectivity index (χ2n) is 6.09. The van der Waals surface area contributed by atoms with Gasteiger partial charge in [0.05, 0.1) is 17.4 Å². The van der Waals surface area contributed by atoms with Crippen molar-refractivity contribution in [2.45, 2.75) is 12.5 Å². The summed E-state index contributed by atoms with van der Waals surface area (Å²) in [4.78, 5) is 0. The summed E-state index contributed by atoms with van der Waals surface area (Å²) in [5, 5.41) is 8.46. The van der Waals surface area contributed by atoms with Crippen LogP contribution in [0.1, 0.15) is 23.6 Å². The van der Waals surface area contributed by atoms with Crippen LogP contribution < -0.4 is 5.01 Å². The second-order valence-corrected chi connectivity index (χ2v) is 7.79. The Labute approximate surface area is 171 Å². The first-order valence-electron chi connectivity index (χ1n) is 8.25. The number of hydrogen-bond acceptors (Lipinski definition) is 2. The highest BCUT2D eigenvalue weighted by Gasteiger charge is 2.32. The molecule has 1 unspecified atom stereocenters. The van der Waals surface area contributed by atoms with E-state index < -0.39 is 0 Å². The Balaban J connectivity index is 1.80. The highest BCUT2D eigenvalue weighted by atomic mass is 79.9. The minimum absolute atomic E-state index is 0.0353. The van der Waals surface area contributed by atoms with Gasteiger partial charge in [-0.2, -0.15) is 5.10 Å². The fourth-order valence-electron chi connectivity index (χ4n) is 3.17. The number of hydrazone groups is 1. The third-order valence-electron chi connectivity index (χ3n) is 4.45. The molecule has 5 heteroatoms. The zero-order valence-electron chi connectivity index (χ0n) is 13.7. The maximum atomic E-state index is 6.50. The van der Waals surface area contributed by atoms with Crippen LogP contribution in [0.25, 0.3) is 0 Å². The Morgan fingerprint density at radius 2 is 1.58 bits per heavy atom. The van der Waals surface area contributed by atoms with Crippen molar-refractivity contribution in [1.29, 1.82) is 0 Å². The summed E-state index contributed by atoms with van der Waals surface area (Å²) in [6.45, 7) is 0. The van der Waals surface area contributed by atoms with Crippen LogP contribution in [0.4, 0.5) is 5.69 Å². The van der Waals surface area contributed by atoms with Gasteiger partial charge in [-0.05, 0) is 57.4 Å². The van der Waals surface area contributed by atoms with E-state index in [9.17, 15) is 0 Å². The van der Waals surface area contributed by atoms with E-state index >= 15 is 0 Å². The number of rotatable bonds is 3. The predicted octanol–water partition coefficient (Wildman–Crippen LogP) is 7.11. The summed E-state index contributed by atoms with van der Waals surface area (Å²) in [5.74, 6) is 0. The van der Waals surface area contributed by atoms with Gasteiger partial charge >= 0.3 is 0 Å². The maximum absolute atomic E-state index is 6.50. The molecule has 1 heterocycles. The molecule has 0 bridgehead atoms. The van der Waals surface area contributed by atoms with E-state index in [2.05, 4.69) is 33.1 Å². The van der Waals surface area contributed by atoms with Gasteiger partial charge in [-0.1, -0.05) is 65.7 Å². The zero-order chi connectivity index (χ0) is 18.1. The van der Waals surface area contributed by atoms with Crippen LogP contribution in [0.5, 0.6) is 0 Å². The van der Waals surface area contributed by atoms with Gasteiger partial charge in [0.2, 0.25) is 0 Å². The van der Waals surface area contributed by atoms with Crippen molar-refractivity contribution in [2.24, 2.45) is 5.10 Å². The fourth-order valence-corrected chi connectivity index (χ4v) is 4.03. The summed E-state index contributed by atoms with van der Waals surface area (Å²) < 4.78 is 0.998. The van der Waals surface area contributed by atoms with Crippen LogP contribution in [0.3, 0.4) is 0 Å². The lowest BCUT2D eigenvalue weighted by Crippen LogP contribution is -2.19. The van der Waals surface area contributed by atoms with Gasteiger partial charge in [-0.15, -0.1) is 0 Å². The first kappa shape index (κ1) is 17.6. The number of hydrogen-bond donors (Lipinski definition) is 0. The summed E-state index contributed by atoms with van der Waals surface area (Å²) in [5.41, 5.74) is 4.17. The molecule has 0 N–H and O–H groups in total. The topological polar surface area (TPSA) is 15.6 Å². The van der Waals surface area contributed by atoms with E-state index in [1.165, 1.54) is 0 Å². The molecule has 0 fully saturated rings. The Hall–Kier alpha value is -1.81. The molecule has 1 aliphatic heterocycles. The van der Waals surface area contributed by atoms with Crippen LogP contribution in [0.2, 0.25) is 10.0 Å². The van der Waals surface area contributed by atoms with Gasteiger partial charge in [0.25, 0.3) is 0 Å². The summed E-state index contributed by atoms with van der Waals surface area (Å²) in [6, 6.07) is 23.9. The molecule has 130 valence electrons. The number of anilines is 1. The smallest absolute Gasteiger partial charge is 0.0846 e. The van der Waals surface area contributed by atoms with E-state index in [-0.39, 0.29) is 6.04 Å². The molecule has 0 saturated carbocycles. The van der Waals surface area contributed by atoms with E-state index in [4.69, 9.17) is 28.3 Å². The highest BCUT2D eigenvalue weighted by molar-refractivity contribution is 9.10. The molecular weight excluding hydrogens is 431 g/mol. The van der Waals surface area contributed by atoms with Gasteiger partial charge < -0.3 is 0 Å². The van der Waals surface area contributed by atoms with Crippen molar-refractivity contribution in [3.63, 3.8) is 0 Å². The van der Waals surface area contributed by atoms with Crippen LogP contribution >= 0.6 is 39.1 Å². The minimum Gasteiger partial charge on any atom is -0.256 e. The fraction of sp³-hybridized carbons (Fsp3) is 0.0952. The molecule has 3 aromatic carbocycles. The van der Waals surface area contributed by atoms with Gasteiger partial charge in [-0.25, -0.2) is 0 Å². The van der Waals surface area contributed by atoms with Crippen LogP contribution in [-0.4, -0.2) is 5.71 Å². The van der Waals surface area contributed by atoms with Crippen LogP contribution in [-0.2, 0) is 0 Å². The van der Waals surface area contributed by atoms with E-state index in [0.717, 1.165) is 43.5 Å². The molecule has 26 heavy (non-hydrogen) atoms. The lowest BCUT2D eigenvalue weighted by atomic mass is 9.98. The summed E-state index contributed by atoms with van der Waals surface area (Å²) in [6.07, 6.45) is 0.771. The number of benzene rings is 3. The average molecular weight is 446 g/mol. The molecule has 1 aliphatic rings. The first-order chi connectivity index (χ1) is 12.6. The third-order valence-corrected chi connectivity index (χ3v) is 5.72. The summed E-state index contributed by atoms with van der Waals surface area (Å²) >= 11 is 16.2. The molecule has 3 aromatic rings. The quantitative estimate of drug-likeness (QED) is 0.419. The van der Waals surface area contributed by atoms with E-state index in [1.54, 1.807) is 0 Å². The van der Waals surface area contributed by atoms with Crippen LogP contribution in [0, 0.1) is 0 Å². The van der Waals surface area contributed by atoms with Gasteiger partial charge in [-0.3, -0.25) is 5.01 Å². The Morgan fingerprint density at radius 3 is 2.31 bits per heavy atom. The number of para-hydroxylation sites is 1. The molecular formula is C21H15BrCl2N2. The Kier molecular flexibility index (Phi) is 5.03. The molecule has 1 atom stereocenters. The third kappa shape index (κ3) is 3.39. The largest absolute Gasteiger partial charge is 0.256 e. The van der Waals surface area contributed by atoms with Crippen molar-refractivity contribution in [3.05, 3.63) is 98.4 Å². The maximum Gasteiger partial charge on any atom is 0.0846 e. The van der Waals surface area contributed by atoms with Crippen molar-refractivity contribution in [3.8, 4) is 0 Å². The van der Waals surface area contributed by atoms with Crippen molar-refractivity contribution < 1.29 is 0 Å². The van der Waals surface area contributed by atoms with Crippen molar-refractivity contribution >= 4 is 50.5 Å².